The summed E-state index contributed by atoms with van der Waals surface area (Å²) in [5.74, 6) is 2.45. The second-order valence-electron chi connectivity index (χ2n) is 9.84. The first kappa shape index (κ1) is 25.6. The van der Waals surface area contributed by atoms with E-state index in [-0.39, 0.29) is 11.6 Å². The molecule has 0 saturated heterocycles. The van der Waals surface area contributed by atoms with Crippen molar-refractivity contribution in [3.05, 3.63) is 34.9 Å². The van der Waals surface area contributed by atoms with Gasteiger partial charge in [0.2, 0.25) is 0 Å². The van der Waals surface area contributed by atoms with Crippen molar-refractivity contribution in [2.45, 2.75) is 106 Å². The molecule has 2 unspecified atom stereocenters. The maximum absolute atomic E-state index is 12.1. The molecule has 2 atom stereocenters. The van der Waals surface area contributed by atoms with E-state index in [4.69, 9.17) is 0 Å². The van der Waals surface area contributed by atoms with Crippen molar-refractivity contribution in [1.82, 2.24) is 0 Å². The zero-order valence-electron chi connectivity index (χ0n) is 19.9. The van der Waals surface area contributed by atoms with Crippen LogP contribution in [-0.4, -0.2) is 11.6 Å². The van der Waals surface area contributed by atoms with Gasteiger partial charge in [0.05, 0.1) is 0 Å². The lowest BCUT2D eigenvalue weighted by molar-refractivity contribution is -0.115. The molecule has 0 spiro atoms. The minimum atomic E-state index is -0.0637. The highest BCUT2D eigenvalue weighted by atomic mass is 16.1. The number of carbonyl (C=O) groups is 2. The summed E-state index contributed by atoms with van der Waals surface area (Å²) in [6, 6.07) is 0. The summed E-state index contributed by atoms with van der Waals surface area (Å²) >= 11 is 0. The van der Waals surface area contributed by atoms with E-state index in [9.17, 15) is 9.59 Å². The predicted octanol–water partition coefficient (Wildman–Crippen LogP) is 7.79. The van der Waals surface area contributed by atoms with Gasteiger partial charge in [0, 0.05) is 11.1 Å². The van der Waals surface area contributed by atoms with E-state index >= 15 is 0 Å². The van der Waals surface area contributed by atoms with E-state index in [1.807, 2.05) is 0 Å². The molecule has 0 saturated carbocycles. The standard InChI is InChI=1S/C27H44O2/c1-20(2)10-7-11-21(3)12-8-13-22(4)14-9-15-23(5)16-17-25-19-26(28)18-24(6)27(25)29/h16,18-22H,7-15,17H2,1-6H3/b23-16+. The molecule has 29 heavy (non-hydrogen) atoms. The molecule has 0 aromatic carbocycles. The highest BCUT2D eigenvalue weighted by molar-refractivity contribution is 6.20. The van der Waals surface area contributed by atoms with Gasteiger partial charge in [-0.25, -0.2) is 0 Å². The van der Waals surface area contributed by atoms with Crippen LogP contribution in [0.25, 0.3) is 0 Å². The minimum Gasteiger partial charge on any atom is -0.290 e. The third kappa shape index (κ3) is 11.4. The summed E-state index contributed by atoms with van der Waals surface area (Å²) in [5.41, 5.74) is 2.51. The number of ketones is 2. The average Bonchev–Trinajstić information content (AvgIpc) is 2.63. The molecule has 0 heterocycles. The first-order valence-electron chi connectivity index (χ1n) is 11.8. The lowest BCUT2D eigenvalue weighted by atomic mass is 9.91. The Kier molecular flexibility index (Phi) is 12.1. The van der Waals surface area contributed by atoms with Crippen molar-refractivity contribution in [1.29, 1.82) is 0 Å². The lowest BCUT2D eigenvalue weighted by Crippen LogP contribution is -2.12. The fourth-order valence-corrected chi connectivity index (χ4v) is 4.06. The highest BCUT2D eigenvalue weighted by Crippen LogP contribution is 2.23. The van der Waals surface area contributed by atoms with Crippen LogP contribution in [0.1, 0.15) is 106 Å². The Morgan fingerprint density at radius 1 is 0.862 bits per heavy atom. The predicted molar refractivity (Wildman–Crippen MR) is 125 cm³/mol. The Bertz CT molecular complexity index is 618. The number of Topliss-reactive ketones (excluding diaryl/α,β-unsaturated/α-hetero) is 1. The monoisotopic (exact) mass is 400 g/mol. The zero-order chi connectivity index (χ0) is 21.8. The topological polar surface area (TPSA) is 34.1 Å². The Morgan fingerprint density at radius 3 is 2.00 bits per heavy atom. The molecule has 2 heteroatoms. The largest absolute Gasteiger partial charge is 0.290 e. The fraction of sp³-hybridized carbons (Fsp3) is 0.704. The number of hydrogen-bond acceptors (Lipinski definition) is 2. The molecular weight excluding hydrogens is 356 g/mol. The summed E-state index contributed by atoms with van der Waals surface area (Å²) in [7, 11) is 0. The van der Waals surface area contributed by atoms with E-state index in [0.29, 0.717) is 17.6 Å². The first-order chi connectivity index (χ1) is 13.7. The highest BCUT2D eigenvalue weighted by Gasteiger charge is 2.17. The van der Waals surface area contributed by atoms with Crippen LogP contribution in [0.3, 0.4) is 0 Å². The minimum absolute atomic E-state index is 0.0145. The van der Waals surface area contributed by atoms with E-state index in [2.05, 4.69) is 40.7 Å². The molecule has 164 valence electrons. The summed E-state index contributed by atoms with van der Waals surface area (Å²) in [6.45, 7) is 13.3. The van der Waals surface area contributed by atoms with E-state index in [1.165, 1.54) is 69.1 Å². The van der Waals surface area contributed by atoms with Crippen LogP contribution in [0.5, 0.6) is 0 Å². The van der Waals surface area contributed by atoms with Crippen molar-refractivity contribution in [3.63, 3.8) is 0 Å². The molecule has 1 aliphatic rings. The van der Waals surface area contributed by atoms with Gasteiger partial charge in [-0.15, -0.1) is 0 Å². The van der Waals surface area contributed by atoms with Gasteiger partial charge >= 0.3 is 0 Å². The molecular formula is C27H44O2. The van der Waals surface area contributed by atoms with Crippen LogP contribution in [0, 0.1) is 17.8 Å². The van der Waals surface area contributed by atoms with Crippen molar-refractivity contribution in [3.8, 4) is 0 Å². The summed E-state index contributed by atoms with van der Waals surface area (Å²) in [4.78, 5) is 23.7. The quantitative estimate of drug-likeness (QED) is 0.220. The SMILES string of the molecule is CC1=CC(=O)C=C(C/C=C(\C)CCCC(C)CCCC(C)CCCC(C)C)C1=O. The van der Waals surface area contributed by atoms with Crippen LogP contribution in [-0.2, 0) is 9.59 Å². The molecule has 0 aliphatic heterocycles. The van der Waals surface area contributed by atoms with E-state index < -0.39 is 0 Å². The van der Waals surface area contributed by atoms with Gasteiger partial charge in [-0.1, -0.05) is 84.3 Å². The Hall–Kier alpha value is -1.44. The maximum atomic E-state index is 12.1. The first-order valence-corrected chi connectivity index (χ1v) is 11.8. The summed E-state index contributed by atoms with van der Waals surface area (Å²) in [5, 5.41) is 0. The number of allylic oxidation sites excluding steroid dienone is 6. The summed E-state index contributed by atoms with van der Waals surface area (Å²) in [6.07, 6.45) is 17.4. The Labute approximate surface area is 179 Å². The third-order valence-corrected chi connectivity index (χ3v) is 6.14. The maximum Gasteiger partial charge on any atom is 0.185 e. The second kappa shape index (κ2) is 13.7. The third-order valence-electron chi connectivity index (χ3n) is 6.14. The fourth-order valence-electron chi connectivity index (χ4n) is 4.06. The lowest BCUT2D eigenvalue weighted by Gasteiger charge is -2.15. The van der Waals surface area contributed by atoms with Crippen LogP contribution < -0.4 is 0 Å². The number of rotatable bonds is 14. The average molecular weight is 401 g/mol. The van der Waals surface area contributed by atoms with Gasteiger partial charge in [0.25, 0.3) is 0 Å². The van der Waals surface area contributed by atoms with Crippen molar-refractivity contribution < 1.29 is 9.59 Å². The van der Waals surface area contributed by atoms with Crippen LogP contribution in [0.4, 0.5) is 0 Å². The van der Waals surface area contributed by atoms with Crippen LogP contribution in [0.15, 0.2) is 34.9 Å². The van der Waals surface area contributed by atoms with Gasteiger partial charge < -0.3 is 0 Å². The van der Waals surface area contributed by atoms with Crippen LogP contribution in [0.2, 0.25) is 0 Å². The van der Waals surface area contributed by atoms with Crippen molar-refractivity contribution >= 4 is 11.6 Å². The smallest absolute Gasteiger partial charge is 0.185 e. The van der Waals surface area contributed by atoms with Gasteiger partial charge in [-0.2, -0.15) is 0 Å². The van der Waals surface area contributed by atoms with Crippen molar-refractivity contribution in [2.24, 2.45) is 17.8 Å². The van der Waals surface area contributed by atoms with Gasteiger partial charge in [-0.05, 0) is 63.0 Å². The normalized spacial score (nSPS) is 17.4. The van der Waals surface area contributed by atoms with Crippen LogP contribution >= 0.6 is 0 Å². The molecule has 1 aliphatic carbocycles. The van der Waals surface area contributed by atoms with Crippen molar-refractivity contribution in [2.75, 3.05) is 0 Å². The molecule has 0 aromatic heterocycles. The second-order valence-corrected chi connectivity index (χ2v) is 9.84. The molecule has 0 aromatic rings. The van der Waals surface area contributed by atoms with Gasteiger partial charge in [0.1, 0.15) is 0 Å². The number of hydrogen-bond donors (Lipinski definition) is 0. The Morgan fingerprint density at radius 2 is 1.41 bits per heavy atom. The summed E-state index contributed by atoms with van der Waals surface area (Å²) < 4.78 is 0. The molecule has 0 N–H and O–H groups in total. The Balaban J connectivity index is 2.18. The zero-order valence-corrected chi connectivity index (χ0v) is 19.9. The van der Waals surface area contributed by atoms with Gasteiger partial charge in [-0.3, -0.25) is 9.59 Å². The van der Waals surface area contributed by atoms with E-state index in [0.717, 1.165) is 24.2 Å². The molecule has 0 fully saturated rings. The van der Waals surface area contributed by atoms with E-state index in [1.54, 1.807) is 6.92 Å². The van der Waals surface area contributed by atoms with Gasteiger partial charge in [0.15, 0.2) is 11.6 Å². The number of carbonyl (C=O) groups excluding carboxylic acids is 2. The molecule has 2 nitrogen and oxygen atoms in total. The molecule has 0 radical (unpaired) electrons. The molecule has 0 bridgehead atoms. The molecule has 0 amide bonds. The molecule has 1 rings (SSSR count).